The van der Waals surface area contributed by atoms with E-state index in [2.05, 4.69) is 29.7 Å². The van der Waals surface area contributed by atoms with Crippen LogP contribution in [0.4, 0.5) is 0 Å². The largest absolute Gasteiger partial charge is 0.850 e. The topological polar surface area (TPSA) is 81.1 Å². The molecule has 0 aromatic carbocycles. The third kappa shape index (κ3) is 8.80. The van der Waals surface area contributed by atoms with E-state index in [4.69, 9.17) is 0 Å². The number of hydrogen-bond donors (Lipinski definition) is 0. The Morgan fingerprint density at radius 2 is 0.763 bits per heavy atom. The van der Waals surface area contributed by atoms with E-state index in [0.29, 0.717) is 39.3 Å². The van der Waals surface area contributed by atoms with Gasteiger partial charge in [-0.3, -0.25) is 29.7 Å². The molecule has 7 heteroatoms. The van der Waals surface area contributed by atoms with E-state index in [-0.39, 0.29) is 0 Å². The van der Waals surface area contributed by atoms with Gasteiger partial charge in [-0.05, 0) is 89.3 Å². The highest BCUT2D eigenvalue weighted by Gasteiger charge is 2.15. The first kappa shape index (κ1) is 27.5. The van der Waals surface area contributed by atoms with Crippen molar-refractivity contribution in [3.63, 3.8) is 0 Å². The molecule has 0 spiro atoms. The summed E-state index contributed by atoms with van der Waals surface area (Å²) in [4.78, 5) is 23.0. The Morgan fingerprint density at radius 3 is 1.00 bits per heavy atom. The summed E-state index contributed by atoms with van der Waals surface area (Å²) in [6, 6.07) is 24.1. The van der Waals surface area contributed by atoms with Crippen molar-refractivity contribution in [2.45, 2.75) is 60.0 Å². The minimum Gasteiger partial charge on any atom is -0.850 e. The lowest BCUT2D eigenvalue weighted by molar-refractivity contribution is -0.423. The van der Waals surface area contributed by atoms with E-state index in [1.54, 1.807) is 0 Å². The van der Waals surface area contributed by atoms with Crippen molar-refractivity contribution in [3.8, 4) is 0 Å². The molecule has 38 heavy (non-hydrogen) atoms. The lowest BCUT2D eigenvalue weighted by atomic mass is 10.2. The fourth-order valence-electron chi connectivity index (χ4n) is 4.67. The van der Waals surface area contributed by atoms with Gasteiger partial charge in [0.15, 0.2) is 0 Å². The lowest BCUT2D eigenvalue weighted by Gasteiger charge is -2.35. The maximum absolute atomic E-state index is 13.6. The van der Waals surface area contributed by atoms with E-state index in [0.717, 1.165) is 45.6 Å². The molecule has 4 rings (SSSR count). The first-order valence-electron chi connectivity index (χ1n) is 13.1. The second kappa shape index (κ2) is 13.3. The molecule has 4 aromatic heterocycles. The van der Waals surface area contributed by atoms with E-state index >= 15 is 0 Å². The third-order valence-corrected chi connectivity index (χ3v) is 6.25. The molecular weight excluding hydrogens is 472 g/mol. The molecule has 0 unspecified atom stereocenters. The van der Waals surface area contributed by atoms with Gasteiger partial charge in [0, 0.05) is 49.0 Å². The van der Waals surface area contributed by atoms with Crippen LogP contribution in [0.3, 0.4) is 0 Å². The molecule has 0 fully saturated rings. The molecule has 198 valence electrons. The van der Waals surface area contributed by atoms with Gasteiger partial charge in [0.1, 0.15) is 0 Å². The fourth-order valence-corrected chi connectivity index (χ4v) is 4.67. The maximum atomic E-state index is 13.6. The quantitative estimate of drug-likeness (QED) is 0.286. The SMILES string of the molecule is Cc1cccc(CN(Cc2cccc(C)n2)CC([O-])CN(Cc2cccc(C)n2)Cc2cccc(C)n2)n1. The Kier molecular flexibility index (Phi) is 9.65. The Hall–Kier alpha value is -3.52. The van der Waals surface area contributed by atoms with Gasteiger partial charge < -0.3 is 5.11 Å². The Morgan fingerprint density at radius 1 is 0.500 bits per heavy atom. The van der Waals surface area contributed by atoms with E-state index < -0.39 is 6.10 Å². The van der Waals surface area contributed by atoms with E-state index in [9.17, 15) is 5.11 Å². The van der Waals surface area contributed by atoms with Crippen LogP contribution in [0, 0.1) is 27.7 Å². The third-order valence-electron chi connectivity index (χ3n) is 6.25. The smallest absolute Gasteiger partial charge is 0.0547 e. The number of rotatable bonds is 12. The zero-order valence-electron chi connectivity index (χ0n) is 22.8. The van der Waals surface area contributed by atoms with Crippen LogP contribution in [0.15, 0.2) is 72.8 Å². The predicted octanol–water partition coefficient (Wildman–Crippen LogP) is 3.93. The van der Waals surface area contributed by atoms with Gasteiger partial charge in [-0.1, -0.05) is 24.3 Å². The van der Waals surface area contributed by atoms with Crippen LogP contribution < -0.4 is 5.11 Å². The van der Waals surface area contributed by atoms with Crippen molar-refractivity contribution in [1.29, 1.82) is 0 Å². The van der Waals surface area contributed by atoms with Gasteiger partial charge in [-0.25, -0.2) is 0 Å². The standard InChI is InChI=1S/C31H37N6O/c1-23-9-5-13-27(32-23)17-36(18-28-14-6-10-24(2)33-28)21-31(38)22-37(19-29-15-7-11-25(3)34-29)20-30-16-8-12-26(4)35-30/h5-16,31H,17-22H2,1-4H3/q-1. The number of hydrogen-bond acceptors (Lipinski definition) is 7. The monoisotopic (exact) mass is 509 g/mol. The second-order valence-electron chi connectivity index (χ2n) is 10.0. The van der Waals surface area contributed by atoms with Crippen LogP contribution in [0.25, 0.3) is 0 Å². The summed E-state index contributed by atoms with van der Waals surface area (Å²) < 4.78 is 0. The van der Waals surface area contributed by atoms with Crippen LogP contribution in [0.2, 0.25) is 0 Å². The molecule has 0 amide bonds. The zero-order chi connectivity index (χ0) is 26.9. The fraction of sp³-hybridized carbons (Fsp3) is 0.355. The number of aromatic nitrogens is 4. The van der Waals surface area contributed by atoms with Crippen molar-refractivity contribution < 1.29 is 5.11 Å². The lowest BCUT2D eigenvalue weighted by Crippen LogP contribution is -2.47. The molecule has 0 aliphatic carbocycles. The molecule has 0 atom stereocenters. The number of pyridine rings is 4. The minimum atomic E-state index is -0.834. The Labute approximate surface area is 226 Å². The van der Waals surface area contributed by atoms with E-state index in [1.165, 1.54) is 0 Å². The first-order chi connectivity index (χ1) is 18.3. The molecule has 0 aliphatic rings. The van der Waals surface area contributed by atoms with Crippen LogP contribution in [-0.2, 0) is 26.2 Å². The van der Waals surface area contributed by atoms with Crippen LogP contribution in [0.1, 0.15) is 45.6 Å². The van der Waals surface area contributed by atoms with Gasteiger partial charge in [0.25, 0.3) is 0 Å². The van der Waals surface area contributed by atoms with E-state index in [1.807, 2.05) is 100 Å². The normalized spacial score (nSPS) is 11.6. The molecule has 4 heterocycles. The van der Waals surface area contributed by atoms with Gasteiger partial charge in [0.2, 0.25) is 0 Å². The highest BCUT2D eigenvalue weighted by atomic mass is 16.3. The predicted molar refractivity (Wildman–Crippen MR) is 148 cm³/mol. The van der Waals surface area contributed by atoms with Gasteiger partial charge >= 0.3 is 0 Å². The van der Waals surface area contributed by atoms with Crippen molar-refractivity contribution in [2.24, 2.45) is 0 Å². The summed E-state index contributed by atoms with van der Waals surface area (Å²) in [6.45, 7) is 11.1. The first-order valence-corrected chi connectivity index (χ1v) is 13.1. The molecule has 0 bridgehead atoms. The second-order valence-corrected chi connectivity index (χ2v) is 10.0. The molecule has 0 aliphatic heterocycles. The molecule has 0 saturated heterocycles. The highest BCUT2D eigenvalue weighted by Crippen LogP contribution is 2.13. The average Bonchev–Trinajstić information content (AvgIpc) is 2.84. The Balaban J connectivity index is 1.50. The van der Waals surface area contributed by atoms with Crippen molar-refractivity contribution >= 4 is 0 Å². The molecule has 7 nitrogen and oxygen atoms in total. The van der Waals surface area contributed by atoms with Crippen molar-refractivity contribution in [1.82, 2.24) is 29.7 Å². The molecule has 0 N–H and O–H groups in total. The van der Waals surface area contributed by atoms with Crippen LogP contribution in [-0.4, -0.2) is 48.9 Å². The number of aryl methyl sites for hydroxylation is 4. The van der Waals surface area contributed by atoms with Gasteiger partial charge in [-0.15, -0.1) is 6.10 Å². The number of nitrogens with zero attached hydrogens (tertiary/aromatic N) is 6. The Bertz CT molecular complexity index is 1130. The average molecular weight is 510 g/mol. The van der Waals surface area contributed by atoms with Crippen LogP contribution in [0.5, 0.6) is 0 Å². The minimum absolute atomic E-state index is 0.379. The van der Waals surface area contributed by atoms with Crippen LogP contribution >= 0.6 is 0 Å². The van der Waals surface area contributed by atoms with Gasteiger partial charge in [0.05, 0.1) is 22.8 Å². The summed E-state index contributed by atoms with van der Waals surface area (Å²) in [5, 5.41) is 13.6. The van der Waals surface area contributed by atoms with Gasteiger partial charge in [-0.2, -0.15) is 0 Å². The molecular formula is C31H37N6O-. The van der Waals surface area contributed by atoms with Crippen molar-refractivity contribution in [2.75, 3.05) is 13.1 Å². The maximum Gasteiger partial charge on any atom is 0.0547 e. The zero-order valence-corrected chi connectivity index (χ0v) is 22.8. The summed E-state index contributed by atoms with van der Waals surface area (Å²) >= 11 is 0. The van der Waals surface area contributed by atoms with Crippen molar-refractivity contribution in [3.05, 3.63) is 118 Å². The summed E-state index contributed by atoms with van der Waals surface area (Å²) in [5.74, 6) is 0. The highest BCUT2D eigenvalue weighted by molar-refractivity contribution is 5.14. The molecule has 4 aromatic rings. The summed E-state index contributed by atoms with van der Waals surface area (Å²) in [6.07, 6.45) is -0.834. The molecule has 0 saturated carbocycles. The summed E-state index contributed by atoms with van der Waals surface area (Å²) in [7, 11) is 0. The molecule has 0 radical (unpaired) electrons. The summed E-state index contributed by atoms with van der Waals surface area (Å²) in [5.41, 5.74) is 7.69.